The second-order valence-corrected chi connectivity index (χ2v) is 11.1. The van der Waals surface area contributed by atoms with E-state index in [0.29, 0.717) is 31.5 Å². The molecule has 0 spiro atoms. The maximum absolute atomic E-state index is 14.5. The number of rotatable bonds is 13. The molecule has 7 heteroatoms. The van der Waals surface area contributed by atoms with Gasteiger partial charge in [0.1, 0.15) is 0 Å². The van der Waals surface area contributed by atoms with Gasteiger partial charge in [0, 0.05) is 37.5 Å². The first-order valence-electron chi connectivity index (χ1n) is 14.5. The van der Waals surface area contributed by atoms with Gasteiger partial charge in [-0.2, -0.15) is 0 Å². The van der Waals surface area contributed by atoms with Crippen molar-refractivity contribution in [1.29, 1.82) is 0 Å². The molecule has 0 heterocycles. The van der Waals surface area contributed by atoms with E-state index in [-0.39, 0.29) is 24.9 Å². The molecule has 0 saturated carbocycles. The van der Waals surface area contributed by atoms with Gasteiger partial charge in [-0.15, -0.1) is 0 Å². The first kappa shape index (κ1) is 29.7. The van der Waals surface area contributed by atoms with Crippen LogP contribution in [0.1, 0.15) is 55.8 Å². The minimum Gasteiger partial charge on any atom is -0.391 e. The van der Waals surface area contributed by atoms with Crippen molar-refractivity contribution < 1.29 is 19.8 Å². The van der Waals surface area contributed by atoms with Gasteiger partial charge in [-0.3, -0.25) is 9.59 Å². The molecule has 5 N–H and O–H groups in total. The Morgan fingerprint density at radius 2 is 1.75 bits per heavy atom. The Bertz CT molecular complexity index is 1220. The van der Waals surface area contributed by atoms with Crippen LogP contribution in [0.5, 0.6) is 0 Å². The quantitative estimate of drug-likeness (QED) is 0.308. The van der Waals surface area contributed by atoms with Crippen molar-refractivity contribution in [3.8, 4) is 0 Å². The van der Waals surface area contributed by atoms with Gasteiger partial charge in [0.25, 0.3) is 0 Å². The highest BCUT2D eigenvalue weighted by Gasteiger charge is 2.50. The summed E-state index contributed by atoms with van der Waals surface area (Å²) in [4.78, 5) is 28.8. The number of amides is 2. The third-order valence-corrected chi connectivity index (χ3v) is 8.34. The Morgan fingerprint density at radius 1 is 1.07 bits per heavy atom. The van der Waals surface area contributed by atoms with Crippen LogP contribution in [0, 0.1) is 11.3 Å². The van der Waals surface area contributed by atoms with Gasteiger partial charge in [0.2, 0.25) is 11.8 Å². The smallest absolute Gasteiger partial charge is 0.244 e. The zero-order valence-electron chi connectivity index (χ0n) is 23.6. The number of nitrogens with zero attached hydrogens (tertiary/aromatic N) is 1. The number of hydrogen-bond acceptors (Lipinski definition) is 5. The van der Waals surface area contributed by atoms with Crippen LogP contribution in [0.25, 0.3) is 0 Å². The number of nitrogens with two attached hydrogens (primary N) is 1. The molecule has 5 atom stereocenters. The number of aliphatic hydroxyl groups is 2. The zero-order chi connectivity index (χ0) is 28.7. The van der Waals surface area contributed by atoms with Gasteiger partial charge in [0.15, 0.2) is 0 Å². The third kappa shape index (κ3) is 6.38. The summed E-state index contributed by atoms with van der Waals surface area (Å²) >= 11 is 0. The molecular formula is C33H43N3O4. The van der Waals surface area contributed by atoms with Crippen molar-refractivity contribution in [3.63, 3.8) is 0 Å². The Morgan fingerprint density at radius 3 is 2.42 bits per heavy atom. The molecule has 2 aromatic rings. The molecule has 4 rings (SSSR count). The molecule has 0 aromatic heterocycles. The van der Waals surface area contributed by atoms with Gasteiger partial charge >= 0.3 is 0 Å². The summed E-state index contributed by atoms with van der Waals surface area (Å²) in [6.07, 6.45) is 6.46. The number of carbonyl (C=O) groups is 2. The molecule has 40 heavy (non-hydrogen) atoms. The minimum absolute atomic E-state index is 0.0921. The minimum atomic E-state index is -1.16. The number of hydrogen-bond donors (Lipinski definition) is 4. The summed E-state index contributed by atoms with van der Waals surface area (Å²) in [6.45, 7) is 5.44. The topological polar surface area (TPSA) is 116 Å². The summed E-state index contributed by atoms with van der Waals surface area (Å²) in [7, 11) is 0. The average molecular weight is 546 g/mol. The number of allylic oxidation sites excluding steroid dienone is 2. The molecule has 2 aromatic carbocycles. The van der Waals surface area contributed by atoms with E-state index in [9.17, 15) is 19.8 Å². The summed E-state index contributed by atoms with van der Waals surface area (Å²) in [5, 5.41) is 26.1. The van der Waals surface area contributed by atoms with Crippen molar-refractivity contribution in [1.82, 2.24) is 10.2 Å². The fourth-order valence-electron chi connectivity index (χ4n) is 6.39. The first-order valence-corrected chi connectivity index (χ1v) is 14.5. The van der Waals surface area contributed by atoms with Crippen LogP contribution in [-0.2, 0) is 22.4 Å². The maximum atomic E-state index is 14.5. The third-order valence-electron chi connectivity index (χ3n) is 8.34. The van der Waals surface area contributed by atoms with E-state index in [1.807, 2.05) is 79.4 Å². The van der Waals surface area contributed by atoms with Crippen molar-refractivity contribution in [3.05, 3.63) is 95.1 Å². The highest BCUT2D eigenvalue weighted by Crippen LogP contribution is 2.44. The van der Waals surface area contributed by atoms with Crippen molar-refractivity contribution in [2.45, 2.75) is 64.2 Å². The molecule has 0 fully saturated rings. The predicted octanol–water partition coefficient (Wildman–Crippen LogP) is 3.46. The van der Waals surface area contributed by atoms with Crippen LogP contribution < -0.4 is 11.1 Å². The second-order valence-electron chi connectivity index (χ2n) is 11.1. The number of carbonyl (C=O) groups excluding carboxylic acids is 2. The number of primary amides is 1. The molecule has 0 radical (unpaired) electrons. The summed E-state index contributed by atoms with van der Waals surface area (Å²) in [5.74, 6) is -1.21. The van der Waals surface area contributed by atoms with Gasteiger partial charge in [-0.05, 0) is 42.4 Å². The summed E-state index contributed by atoms with van der Waals surface area (Å²) < 4.78 is 0. The van der Waals surface area contributed by atoms with Crippen molar-refractivity contribution in [2.24, 2.45) is 17.1 Å². The SMILES string of the molecule is CCCN(CCC)C(=O)C1([C@H](Cc2ccccc2)[C@@H](O)CN[C@@H]2c3ccccc3C[C@@H]2O)C=CC=C(C(N)=O)C1. The normalized spacial score (nSPS) is 23.2. The van der Waals surface area contributed by atoms with Crippen LogP contribution >= 0.6 is 0 Å². The van der Waals surface area contributed by atoms with Crippen molar-refractivity contribution in [2.75, 3.05) is 19.6 Å². The van der Waals surface area contributed by atoms with E-state index in [2.05, 4.69) is 5.32 Å². The monoisotopic (exact) mass is 545 g/mol. The van der Waals surface area contributed by atoms with Crippen LogP contribution in [-0.4, -0.2) is 58.8 Å². The molecule has 2 aliphatic rings. The highest BCUT2D eigenvalue weighted by molar-refractivity contribution is 5.95. The van der Waals surface area contributed by atoms with Gasteiger partial charge < -0.3 is 26.2 Å². The largest absolute Gasteiger partial charge is 0.391 e. The number of nitrogens with one attached hydrogen (secondary N) is 1. The lowest BCUT2D eigenvalue weighted by Crippen LogP contribution is -2.54. The molecule has 0 bridgehead atoms. The average Bonchev–Trinajstić information content (AvgIpc) is 3.29. The molecule has 7 nitrogen and oxygen atoms in total. The predicted molar refractivity (Wildman–Crippen MR) is 157 cm³/mol. The van der Waals surface area contributed by atoms with E-state index in [1.165, 1.54) is 0 Å². The summed E-state index contributed by atoms with van der Waals surface area (Å²) in [6, 6.07) is 17.5. The lowest BCUT2D eigenvalue weighted by molar-refractivity contribution is -0.145. The molecule has 214 valence electrons. The second kappa shape index (κ2) is 13.4. The Kier molecular flexibility index (Phi) is 9.95. The van der Waals surface area contributed by atoms with E-state index >= 15 is 0 Å². The summed E-state index contributed by atoms with van der Waals surface area (Å²) in [5.41, 5.74) is 8.07. The molecule has 2 aliphatic carbocycles. The number of fused-ring (bicyclic) bond motifs is 1. The van der Waals surface area contributed by atoms with E-state index in [1.54, 1.807) is 12.2 Å². The van der Waals surface area contributed by atoms with Crippen LogP contribution in [0.15, 0.2) is 78.4 Å². The van der Waals surface area contributed by atoms with E-state index < -0.39 is 29.4 Å². The molecule has 0 aliphatic heterocycles. The molecule has 1 unspecified atom stereocenters. The van der Waals surface area contributed by atoms with Gasteiger partial charge in [0.05, 0.1) is 23.7 Å². The van der Waals surface area contributed by atoms with E-state index in [0.717, 1.165) is 29.5 Å². The lowest BCUT2D eigenvalue weighted by atomic mass is 9.63. The van der Waals surface area contributed by atoms with Crippen LogP contribution in [0.2, 0.25) is 0 Å². The molecule has 2 amide bonds. The zero-order valence-corrected chi connectivity index (χ0v) is 23.6. The Hall–Kier alpha value is -3.26. The first-order chi connectivity index (χ1) is 19.3. The number of aliphatic hydroxyl groups excluding tert-OH is 2. The number of benzene rings is 2. The maximum Gasteiger partial charge on any atom is 0.244 e. The van der Waals surface area contributed by atoms with E-state index in [4.69, 9.17) is 5.73 Å². The Labute approximate surface area is 237 Å². The fraction of sp³-hybridized carbons (Fsp3) is 0.455. The van der Waals surface area contributed by atoms with Crippen molar-refractivity contribution >= 4 is 11.8 Å². The van der Waals surface area contributed by atoms with Gasteiger partial charge in [-0.1, -0.05) is 86.7 Å². The Balaban J connectivity index is 1.71. The molecular weight excluding hydrogens is 502 g/mol. The highest BCUT2D eigenvalue weighted by atomic mass is 16.3. The van der Waals surface area contributed by atoms with Crippen LogP contribution in [0.4, 0.5) is 0 Å². The fourth-order valence-corrected chi connectivity index (χ4v) is 6.39. The molecule has 0 saturated heterocycles. The standard InChI is InChI=1S/C33H43N3O4/c1-3-17-36(18-4-2)32(40)33(16-10-14-25(21-33)31(34)39)27(19-23-11-6-5-7-12-23)29(38)22-35-30-26-15-9-8-13-24(26)20-28(30)37/h5-16,27-30,35,37-38H,3-4,17-22H2,1-2H3,(H2,34,39)/t27-,28+,29+,30-,33?/m1/s1. The van der Waals surface area contributed by atoms with Crippen LogP contribution in [0.3, 0.4) is 0 Å². The van der Waals surface area contributed by atoms with Gasteiger partial charge in [-0.25, -0.2) is 0 Å². The lowest BCUT2D eigenvalue weighted by Gasteiger charge is -2.44.